The van der Waals surface area contributed by atoms with Gasteiger partial charge in [-0.3, -0.25) is 4.79 Å². The Bertz CT molecular complexity index is 548. The normalized spacial score (nSPS) is 20.4. The number of para-hydroxylation sites is 1. The van der Waals surface area contributed by atoms with Crippen molar-refractivity contribution in [1.82, 2.24) is 5.32 Å². The molecule has 2 aliphatic rings. The minimum Gasteiger partial charge on any atom is -0.376 e. The van der Waals surface area contributed by atoms with Crippen molar-refractivity contribution in [2.45, 2.75) is 76.4 Å². The molecule has 4 nitrogen and oxygen atoms in total. The lowest BCUT2D eigenvalue weighted by molar-refractivity contribution is -0.921. The molecule has 0 aliphatic heterocycles. The van der Waals surface area contributed by atoms with Gasteiger partial charge in [0.1, 0.15) is 6.54 Å². The average molecular weight is 345 g/mol. The van der Waals surface area contributed by atoms with Crippen LogP contribution in [0.15, 0.2) is 24.3 Å². The van der Waals surface area contributed by atoms with E-state index >= 15 is 0 Å². The van der Waals surface area contributed by atoms with E-state index in [1.807, 2.05) is 0 Å². The van der Waals surface area contributed by atoms with Crippen molar-refractivity contribution in [2.75, 3.05) is 18.9 Å². The molecule has 0 aromatic heterocycles. The van der Waals surface area contributed by atoms with Crippen LogP contribution in [0.5, 0.6) is 0 Å². The van der Waals surface area contributed by atoms with Gasteiger partial charge in [-0.2, -0.15) is 0 Å². The summed E-state index contributed by atoms with van der Waals surface area (Å²) in [6, 6.07) is 9.64. The molecule has 0 bridgehead atoms. The number of anilines is 1. The molecule has 0 heterocycles. The van der Waals surface area contributed by atoms with Crippen LogP contribution >= 0.6 is 0 Å². The van der Waals surface area contributed by atoms with E-state index < -0.39 is 0 Å². The second kappa shape index (κ2) is 9.23. The van der Waals surface area contributed by atoms with Gasteiger partial charge in [0.15, 0.2) is 0 Å². The summed E-state index contributed by atoms with van der Waals surface area (Å²) < 4.78 is 0. The molecule has 138 valence electrons. The molecule has 0 spiro atoms. The van der Waals surface area contributed by atoms with Gasteiger partial charge in [-0.25, -0.2) is 0 Å². The number of quaternary nitrogens is 1. The monoisotopic (exact) mass is 344 g/mol. The van der Waals surface area contributed by atoms with Crippen molar-refractivity contribution in [3.05, 3.63) is 29.8 Å². The van der Waals surface area contributed by atoms with Gasteiger partial charge in [0, 0.05) is 17.3 Å². The second-order valence-corrected chi connectivity index (χ2v) is 7.92. The highest BCUT2D eigenvalue weighted by atomic mass is 16.1. The Morgan fingerprint density at radius 2 is 1.72 bits per heavy atom. The number of rotatable bonds is 7. The largest absolute Gasteiger partial charge is 0.376 e. The third-order valence-electron chi connectivity index (χ3n) is 5.95. The number of benzene rings is 1. The summed E-state index contributed by atoms with van der Waals surface area (Å²) in [7, 11) is 2.32. The third kappa shape index (κ3) is 5.46. The molecule has 0 radical (unpaired) electrons. The van der Waals surface area contributed by atoms with Crippen molar-refractivity contribution in [2.24, 2.45) is 0 Å². The van der Waals surface area contributed by atoms with Gasteiger partial charge < -0.3 is 15.5 Å². The minimum absolute atomic E-state index is 0.120. The fourth-order valence-corrected chi connectivity index (χ4v) is 4.41. The Balaban J connectivity index is 1.52. The fraction of sp³-hybridized carbons (Fsp3) is 0.667. The Kier molecular flexibility index (Phi) is 6.74. The summed E-state index contributed by atoms with van der Waals surface area (Å²) in [6.45, 7) is 1.40. The molecule has 3 rings (SSSR count). The first kappa shape index (κ1) is 18.2. The molecule has 2 aliphatic carbocycles. The molecule has 2 fully saturated rings. The van der Waals surface area contributed by atoms with Gasteiger partial charge in [-0.15, -0.1) is 0 Å². The van der Waals surface area contributed by atoms with E-state index in [-0.39, 0.29) is 5.91 Å². The second-order valence-electron chi connectivity index (χ2n) is 7.92. The van der Waals surface area contributed by atoms with E-state index in [1.165, 1.54) is 50.5 Å². The molecular weight excluding hydrogens is 310 g/mol. The van der Waals surface area contributed by atoms with Crippen LogP contribution in [0, 0.1) is 0 Å². The zero-order valence-electron chi connectivity index (χ0n) is 15.7. The van der Waals surface area contributed by atoms with E-state index in [0.717, 1.165) is 31.1 Å². The molecule has 0 saturated heterocycles. The lowest BCUT2D eigenvalue weighted by Gasteiger charge is -2.28. The average Bonchev–Trinajstić information content (AvgIpc) is 3.14. The number of carbonyl (C=O) groups excluding carboxylic acids is 1. The van der Waals surface area contributed by atoms with E-state index in [2.05, 4.69) is 41.9 Å². The van der Waals surface area contributed by atoms with Gasteiger partial charge in [0.2, 0.25) is 5.91 Å². The Labute approximate surface area is 152 Å². The maximum absolute atomic E-state index is 12.2. The van der Waals surface area contributed by atoms with Crippen molar-refractivity contribution < 1.29 is 9.69 Å². The zero-order valence-corrected chi connectivity index (χ0v) is 15.7. The van der Waals surface area contributed by atoms with Crippen LogP contribution in [0.4, 0.5) is 5.69 Å². The Hall–Kier alpha value is -1.55. The summed E-state index contributed by atoms with van der Waals surface area (Å²) >= 11 is 0. The van der Waals surface area contributed by atoms with Crippen LogP contribution in [-0.4, -0.2) is 31.6 Å². The summed E-state index contributed by atoms with van der Waals surface area (Å²) in [6.07, 6.45) is 11.6. The topological polar surface area (TPSA) is 45.6 Å². The van der Waals surface area contributed by atoms with E-state index in [0.29, 0.717) is 12.6 Å². The summed E-state index contributed by atoms with van der Waals surface area (Å²) in [5.41, 5.74) is 2.43. The molecule has 1 amide bonds. The van der Waals surface area contributed by atoms with Crippen LogP contribution in [0.25, 0.3) is 0 Å². The highest BCUT2D eigenvalue weighted by molar-refractivity contribution is 5.81. The standard InChI is InChI=1S/C21H33N3O/c1-24(19-12-3-2-4-13-19)16-17-9-5-8-14-20(17)22-15-21(25)23-18-10-6-7-11-18/h5,8-9,14,18-19,22H,2-4,6-7,10-13,15-16H2,1H3,(H,23,25)/p+1. The quantitative estimate of drug-likeness (QED) is 0.712. The van der Waals surface area contributed by atoms with Gasteiger partial charge >= 0.3 is 0 Å². The number of amides is 1. The summed E-state index contributed by atoms with van der Waals surface area (Å²) in [5.74, 6) is 0.120. The molecule has 4 heteroatoms. The van der Waals surface area contributed by atoms with E-state index in [1.54, 1.807) is 4.90 Å². The lowest BCUT2D eigenvalue weighted by atomic mass is 9.94. The molecule has 1 atom stereocenters. The molecule has 1 aromatic rings. The van der Waals surface area contributed by atoms with Gasteiger partial charge in [0.25, 0.3) is 0 Å². The van der Waals surface area contributed by atoms with Crippen LogP contribution < -0.4 is 15.5 Å². The number of hydrogen-bond acceptors (Lipinski definition) is 2. The first-order valence-corrected chi connectivity index (χ1v) is 10.2. The number of nitrogens with one attached hydrogen (secondary N) is 3. The maximum atomic E-state index is 12.2. The van der Waals surface area contributed by atoms with Gasteiger partial charge in [-0.05, 0) is 44.6 Å². The third-order valence-corrected chi connectivity index (χ3v) is 5.95. The van der Waals surface area contributed by atoms with Crippen molar-refractivity contribution in [3.8, 4) is 0 Å². The highest BCUT2D eigenvalue weighted by Gasteiger charge is 2.22. The van der Waals surface area contributed by atoms with Gasteiger partial charge in [-0.1, -0.05) is 37.5 Å². The van der Waals surface area contributed by atoms with Crippen molar-refractivity contribution >= 4 is 11.6 Å². The predicted molar refractivity (Wildman–Crippen MR) is 103 cm³/mol. The zero-order chi connectivity index (χ0) is 17.5. The Morgan fingerprint density at radius 1 is 1.04 bits per heavy atom. The molecular formula is C21H34N3O+. The van der Waals surface area contributed by atoms with Gasteiger partial charge in [0.05, 0.1) is 19.6 Å². The fourth-order valence-electron chi connectivity index (χ4n) is 4.41. The highest BCUT2D eigenvalue weighted by Crippen LogP contribution is 2.19. The predicted octanol–water partition coefficient (Wildman–Crippen LogP) is 2.50. The van der Waals surface area contributed by atoms with Crippen molar-refractivity contribution in [3.63, 3.8) is 0 Å². The van der Waals surface area contributed by atoms with Crippen LogP contribution in [0.2, 0.25) is 0 Å². The number of hydrogen-bond donors (Lipinski definition) is 3. The van der Waals surface area contributed by atoms with E-state index in [9.17, 15) is 4.79 Å². The molecule has 1 unspecified atom stereocenters. The molecule has 25 heavy (non-hydrogen) atoms. The van der Waals surface area contributed by atoms with Crippen LogP contribution in [-0.2, 0) is 11.3 Å². The Morgan fingerprint density at radius 3 is 2.48 bits per heavy atom. The summed E-state index contributed by atoms with van der Waals surface area (Å²) in [5, 5.41) is 6.52. The first-order valence-electron chi connectivity index (χ1n) is 10.2. The molecule has 3 N–H and O–H groups in total. The smallest absolute Gasteiger partial charge is 0.239 e. The SMILES string of the molecule is C[NH+](Cc1ccccc1NCC(=O)NC1CCCC1)C1CCCCC1. The van der Waals surface area contributed by atoms with Crippen LogP contribution in [0.3, 0.4) is 0 Å². The number of carbonyl (C=O) groups is 1. The molecule has 1 aromatic carbocycles. The first-order chi connectivity index (χ1) is 12.2. The van der Waals surface area contributed by atoms with Crippen LogP contribution in [0.1, 0.15) is 63.4 Å². The van der Waals surface area contributed by atoms with Crippen molar-refractivity contribution in [1.29, 1.82) is 0 Å². The minimum atomic E-state index is 0.120. The van der Waals surface area contributed by atoms with E-state index in [4.69, 9.17) is 0 Å². The maximum Gasteiger partial charge on any atom is 0.239 e. The summed E-state index contributed by atoms with van der Waals surface area (Å²) in [4.78, 5) is 13.8. The molecule has 2 saturated carbocycles. The lowest BCUT2D eigenvalue weighted by Crippen LogP contribution is -3.11.